The Morgan fingerprint density at radius 3 is 1.44 bits per heavy atom. The second kappa shape index (κ2) is 22.5. The van der Waals surface area contributed by atoms with Crippen molar-refractivity contribution >= 4 is 11.4 Å². The molecule has 0 fully saturated rings. The van der Waals surface area contributed by atoms with Crippen molar-refractivity contribution < 1.29 is 72.4 Å². The molecule has 0 amide bonds. The fraction of sp³-hybridized carbons (Fsp3) is 1.00. The molecule has 0 spiro atoms. The predicted octanol–water partition coefficient (Wildman–Crippen LogP) is -7.03. The molecule has 0 aromatic rings. The number of nitrogens with two attached hydrogens (primary N) is 1. The molecule has 9 heavy (non-hydrogen) atoms. The van der Waals surface area contributed by atoms with Crippen molar-refractivity contribution in [1.29, 1.82) is 0 Å². The Kier molecular flexibility index (Phi) is 56.1. The Labute approximate surface area is 102 Å². The summed E-state index contributed by atoms with van der Waals surface area (Å²) in [6.07, 6.45) is 0. The van der Waals surface area contributed by atoms with Crippen LogP contribution < -0.4 is 64.8 Å². The average Bonchev–Trinajstić information content (AvgIpc) is 1.33. The van der Waals surface area contributed by atoms with Crippen LogP contribution in [0.3, 0.4) is 0 Å². The summed E-state index contributed by atoms with van der Waals surface area (Å²) >= 11 is -3.11. The monoisotopic (exact) mass is 171 g/mol. The zero-order chi connectivity index (χ0) is 6.28. The zero-order valence-electron chi connectivity index (χ0n) is 5.92. The third kappa shape index (κ3) is 157. The maximum absolute atomic E-state index is 8.44. The van der Waals surface area contributed by atoms with Crippen LogP contribution in [0.4, 0.5) is 0 Å². The van der Waals surface area contributed by atoms with Crippen LogP contribution in [0.2, 0.25) is 0 Å². The van der Waals surface area contributed by atoms with E-state index in [-0.39, 0.29) is 59.1 Å². The Morgan fingerprint density at radius 1 is 1.44 bits per heavy atom. The van der Waals surface area contributed by atoms with Crippen molar-refractivity contribution in [3.63, 3.8) is 0 Å². The molecule has 7 heteroatoms. The molecule has 0 unspecified atom stereocenters. The standard InChI is InChI=1S/C2H7N.2Na.H2O3S/c1-2-3;;;1-4(2)3/h2-3H2,1H3;;;(H2,1,2,3)/q;2*+1;/p-2. The molecule has 0 aliphatic carbocycles. The Hall–Kier alpha value is 2.03. The molecule has 0 aromatic carbocycles. The molecule has 46 valence electrons. The molecule has 0 atom stereocenters. The minimum atomic E-state index is -3.11. The van der Waals surface area contributed by atoms with E-state index in [0.29, 0.717) is 0 Å². The van der Waals surface area contributed by atoms with Gasteiger partial charge in [0, 0.05) is 0 Å². The van der Waals surface area contributed by atoms with Crippen LogP contribution in [0.15, 0.2) is 0 Å². The van der Waals surface area contributed by atoms with Crippen molar-refractivity contribution in [3.8, 4) is 0 Å². The molecule has 0 saturated carbocycles. The van der Waals surface area contributed by atoms with Crippen LogP contribution in [0, 0.1) is 0 Å². The molecule has 0 aliphatic heterocycles. The van der Waals surface area contributed by atoms with Crippen LogP contribution in [0.5, 0.6) is 0 Å². The van der Waals surface area contributed by atoms with E-state index in [2.05, 4.69) is 0 Å². The Bertz CT molecular complexity index is 51.1. The quantitative estimate of drug-likeness (QED) is 0.289. The summed E-state index contributed by atoms with van der Waals surface area (Å²) in [7, 11) is 0. The van der Waals surface area contributed by atoms with Crippen LogP contribution in [0.25, 0.3) is 0 Å². The first kappa shape index (κ1) is 22.5. The smallest absolute Gasteiger partial charge is 0.784 e. The van der Waals surface area contributed by atoms with Gasteiger partial charge in [-0.05, 0) is 6.54 Å². The van der Waals surface area contributed by atoms with Crippen LogP contribution in [0.1, 0.15) is 6.92 Å². The van der Waals surface area contributed by atoms with E-state index >= 15 is 0 Å². The van der Waals surface area contributed by atoms with Gasteiger partial charge in [0.1, 0.15) is 0 Å². The van der Waals surface area contributed by atoms with Crippen molar-refractivity contribution in [2.24, 2.45) is 5.73 Å². The normalized spacial score (nSPS) is 5.89. The molecule has 0 aliphatic rings. The van der Waals surface area contributed by atoms with E-state index in [0.717, 1.165) is 6.54 Å². The van der Waals surface area contributed by atoms with Gasteiger partial charge in [0.2, 0.25) is 0 Å². The van der Waals surface area contributed by atoms with E-state index < -0.39 is 11.4 Å². The van der Waals surface area contributed by atoms with Gasteiger partial charge >= 0.3 is 59.1 Å². The van der Waals surface area contributed by atoms with E-state index in [1.54, 1.807) is 0 Å². The van der Waals surface area contributed by atoms with E-state index in [9.17, 15) is 0 Å². The zero-order valence-corrected chi connectivity index (χ0v) is 10.7. The summed E-state index contributed by atoms with van der Waals surface area (Å²) in [6, 6.07) is 0. The first-order valence-corrected chi connectivity index (χ1v) is 2.62. The van der Waals surface area contributed by atoms with Gasteiger partial charge in [-0.2, -0.15) is 0 Å². The molecule has 4 nitrogen and oxygen atoms in total. The van der Waals surface area contributed by atoms with Gasteiger partial charge in [-0.15, -0.1) is 11.4 Å². The third-order valence-corrected chi connectivity index (χ3v) is 0. The topological polar surface area (TPSA) is 89.2 Å². The second-order valence-electron chi connectivity index (χ2n) is 0.612. The fourth-order valence-electron chi connectivity index (χ4n) is 0. The second-order valence-corrected chi connectivity index (χ2v) is 1.02. The molecule has 0 aromatic heterocycles. The SMILES string of the molecule is CCN.O=S([O-])[O-].[Na+].[Na+]. The minimum absolute atomic E-state index is 0. The van der Waals surface area contributed by atoms with Crippen molar-refractivity contribution in [1.82, 2.24) is 0 Å². The maximum atomic E-state index is 8.44. The van der Waals surface area contributed by atoms with Crippen molar-refractivity contribution in [2.45, 2.75) is 6.92 Å². The summed E-state index contributed by atoms with van der Waals surface area (Å²) in [5.41, 5.74) is 4.85. The summed E-state index contributed by atoms with van der Waals surface area (Å²) in [4.78, 5) is 0. The van der Waals surface area contributed by atoms with Gasteiger partial charge in [-0.1, -0.05) is 6.92 Å². The summed E-state index contributed by atoms with van der Waals surface area (Å²) in [6.45, 7) is 2.65. The number of rotatable bonds is 0. The van der Waals surface area contributed by atoms with E-state index in [1.807, 2.05) is 6.92 Å². The van der Waals surface area contributed by atoms with Crippen LogP contribution >= 0.6 is 0 Å². The molecule has 0 bridgehead atoms. The summed E-state index contributed by atoms with van der Waals surface area (Å²) in [5.74, 6) is 0. The van der Waals surface area contributed by atoms with Gasteiger partial charge in [0.15, 0.2) is 0 Å². The largest absolute Gasteiger partial charge is 1.00 e. The first-order valence-electron chi connectivity index (χ1n) is 1.62. The maximum Gasteiger partial charge on any atom is 1.00 e. The number of hydrogen-bond donors (Lipinski definition) is 1. The summed E-state index contributed by atoms with van der Waals surface area (Å²) < 4.78 is 25.3. The average molecular weight is 171 g/mol. The van der Waals surface area contributed by atoms with Gasteiger partial charge in [0.25, 0.3) is 0 Å². The van der Waals surface area contributed by atoms with Crippen LogP contribution in [-0.4, -0.2) is 19.9 Å². The Balaban J connectivity index is -0.0000000233. The van der Waals surface area contributed by atoms with Crippen molar-refractivity contribution in [2.75, 3.05) is 6.54 Å². The molecule has 0 saturated heterocycles. The van der Waals surface area contributed by atoms with Crippen LogP contribution in [-0.2, 0) is 11.4 Å². The molecule has 2 N–H and O–H groups in total. The summed E-state index contributed by atoms with van der Waals surface area (Å²) in [5, 5.41) is 0. The van der Waals surface area contributed by atoms with Gasteiger partial charge < -0.3 is 14.8 Å². The molecule has 0 heterocycles. The molecule has 0 rings (SSSR count). The van der Waals surface area contributed by atoms with Crippen molar-refractivity contribution in [3.05, 3.63) is 0 Å². The van der Waals surface area contributed by atoms with E-state index in [1.165, 1.54) is 0 Å². The third-order valence-electron chi connectivity index (χ3n) is 0. The van der Waals surface area contributed by atoms with E-state index in [4.69, 9.17) is 19.0 Å². The molecular formula is C2H7NNa2O3S. The fourth-order valence-corrected chi connectivity index (χ4v) is 0. The molecule has 0 radical (unpaired) electrons. The first-order chi connectivity index (χ1) is 3.15. The minimum Gasteiger partial charge on any atom is -0.784 e. The van der Waals surface area contributed by atoms with Gasteiger partial charge in [-0.25, -0.2) is 0 Å². The molecular weight excluding hydrogens is 164 g/mol. The Morgan fingerprint density at radius 2 is 1.44 bits per heavy atom. The van der Waals surface area contributed by atoms with Gasteiger partial charge in [0.05, 0.1) is 0 Å². The van der Waals surface area contributed by atoms with Gasteiger partial charge in [-0.3, -0.25) is 4.21 Å². The number of hydrogen-bond acceptors (Lipinski definition) is 4. The predicted molar refractivity (Wildman–Crippen MR) is 24.4 cm³/mol.